The Kier molecular flexibility index (Phi) is 6.31. The maximum absolute atomic E-state index is 13.6. The number of amides is 1. The first-order valence-corrected chi connectivity index (χ1v) is 11.6. The number of hydrogen-bond acceptors (Lipinski definition) is 7. The summed E-state index contributed by atoms with van der Waals surface area (Å²) in [7, 11) is 1.86. The summed E-state index contributed by atoms with van der Waals surface area (Å²) in [5.74, 6) is 1.73. The molecule has 8 nitrogen and oxygen atoms in total. The summed E-state index contributed by atoms with van der Waals surface area (Å²) in [4.78, 5) is 33.2. The van der Waals surface area contributed by atoms with Crippen molar-refractivity contribution < 1.29 is 9.53 Å². The van der Waals surface area contributed by atoms with Gasteiger partial charge in [0.25, 0.3) is 5.91 Å². The van der Waals surface area contributed by atoms with Crippen LogP contribution in [0.25, 0.3) is 17.5 Å². The van der Waals surface area contributed by atoms with Gasteiger partial charge in [-0.1, -0.05) is 12.2 Å². The van der Waals surface area contributed by atoms with E-state index in [0.29, 0.717) is 29.6 Å². The van der Waals surface area contributed by atoms with Crippen LogP contribution in [-0.4, -0.2) is 63.1 Å². The van der Waals surface area contributed by atoms with Crippen molar-refractivity contribution in [3.8, 4) is 11.4 Å². The lowest BCUT2D eigenvalue weighted by Crippen LogP contribution is -2.46. The zero-order valence-electron chi connectivity index (χ0n) is 19.4. The largest absolute Gasteiger partial charge is 0.373 e. The van der Waals surface area contributed by atoms with Gasteiger partial charge in [0.05, 0.1) is 24.3 Å². The molecule has 5 rings (SSSR count). The van der Waals surface area contributed by atoms with Crippen LogP contribution in [0.3, 0.4) is 0 Å². The summed E-state index contributed by atoms with van der Waals surface area (Å²) < 4.78 is 6.22. The SMILES string of the molecule is CNc1ncccc1/C=C\COC1CC2CC1N(C(=O)c1nc(C)ccc1-c1ncccn1)C2. The number of likely N-dealkylation sites (tertiary alicyclic amines) is 1. The third-order valence-corrected chi connectivity index (χ3v) is 6.51. The number of pyridine rings is 2. The molecule has 2 fully saturated rings. The highest BCUT2D eigenvalue weighted by atomic mass is 16.5. The molecule has 0 aromatic carbocycles. The van der Waals surface area contributed by atoms with Crippen molar-refractivity contribution in [2.75, 3.05) is 25.5 Å². The zero-order chi connectivity index (χ0) is 23.5. The molecule has 34 heavy (non-hydrogen) atoms. The van der Waals surface area contributed by atoms with Gasteiger partial charge >= 0.3 is 0 Å². The quantitative estimate of drug-likeness (QED) is 0.580. The molecule has 4 heterocycles. The predicted molar refractivity (Wildman–Crippen MR) is 130 cm³/mol. The van der Waals surface area contributed by atoms with Gasteiger partial charge in [0.15, 0.2) is 5.82 Å². The van der Waals surface area contributed by atoms with Crippen LogP contribution < -0.4 is 5.32 Å². The first-order valence-electron chi connectivity index (χ1n) is 11.6. The molecule has 1 saturated carbocycles. The first kappa shape index (κ1) is 22.2. The van der Waals surface area contributed by atoms with E-state index in [9.17, 15) is 4.79 Å². The van der Waals surface area contributed by atoms with E-state index in [1.54, 1.807) is 24.7 Å². The van der Waals surface area contributed by atoms with Crippen LogP contribution >= 0.6 is 0 Å². The fourth-order valence-corrected chi connectivity index (χ4v) is 4.97. The summed E-state index contributed by atoms with van der Waals surface area (Å²) in [5.41, 5.74) is 2.88. The minimum atomic E-state index is -0.0727. The highest BCUT2D eigenvalue weighted by Crippen LogP contribution is 2.40. The molecule has 3 unspecified atom stereocenters. The summed E-state index contributed by atoms with van der Waals surface area (Å²) in [6, 6.07) is 9.51. The maximum atomic E-state index is 13.6. The van der Waals surface area contributed by atoms with Gasteiger partial charge in [-0.3, -0.25) is 4.79 Å². The van der Waals surface area contributed by atoms with E-state index in [1.807, 2.05) is 55.3 Å². The zero-order valence-corrected chi connectivity index (χ0v) is 19.4. The molecule has 1 aliphatic heterocycles. The fraction of sp³-hybridized carbons (Fsp3) is 0.346. The van der Waals surface area contributed by atoms with Gasteiger partial charge in [0.2, 0.25) is 0 Å². The molecule has 2 aliphatic rings. The summed E-state index contributed by atoms with van der Waals surface area (Å²) in [6.07, 6.45) is 11.1. The van der Waals surface area contributed by atoms with Gasteiger partial charge in [-0.2, -0.15) is 0 Å². The summed E-state index contributed by atoms with van der Waals surface area (Å²) in [5, 5.41) is 3.09. The third-order valence-electron chi connectivity index (χ3n) is 6.51. The van der Waals surface area contributed by atoms with Gasteiger partial charge < -0.3 is 15.0 Å². The molecular formula is C26H28N6O2. The average molecular weight is 457 g/mol. The van der Waals surface area contributed by atoms with Gasteiger partial charge in [0, 0.05) is 43.4 Å². The number of aromatic nitrogens is 4. The van der Waals surface area contributed by atoms with E-state index in [1.165, 1.54) is 0 Å². The molecule has 1 amide bonds. The van der Waals surface area contributed by atoms with E-state index in [-0.39, 0.29) is 18.1 Å². The molecule has 1 aliphatic carbocycles. The van der Waals surface area contributed by atoms with Crippen molar-refractivity contribution in [2.24, 2.45) is 5.92 Å². The number of hydrogen-bond donors (Lipinski definition) is 1. The number of carbonyl (C=O) groups is 1. The lowest BCUT2D eigenvalue weighted by molar-refractivity contribution is 0.00455. The first-order chi connectivity index (χ1) is 16.6. The summed E-state index contributed by atoms with van der Waals surface area (Å²) >= 11 is 0. The van der Waals surface area contributed by atoms with Gasteiger partial charge in [-0.15, -0.1) is 0 Å². The average Bonchev–Trinajstić information content (AvgIpc) is 3.48. The number of ether oxygens (including phenoxy) is 1. The van der Waals surface area contributed by atoms with Crippen molar-refractivity contribution in [3.05, 3.63) is 71.9 Å². The fourth-order valence-electron chi connectivity index (χ4n) is 4.97. The van der Waals surface area contributed by atoms with Crippen LogP contribution in [0.5, 0.6) is 0 Å². The van der Waals surface area contributed by atoms with E-state index in [0.717, 1.165) is 36.5 Å². The number of anilines is 1. The van der Waals surface area contributed by atoms with E-state index < -0.39 is 0 Å². The predicted octanol–water partition coefficient (Wildman–Crippen LogP) is 3.62. The van der Waals surface area contributed by atoms with Gasteiger partial charge in [0.1, 0.15) is 11.5 Å². The highest BCUT2D eigenvalue weighted by molar-refractivity contribution is 5.98. The molecule has 3 atom stereocenters. The van der Waals surface area contributed by atoms with Crippen LogP contribution in [0, 0.1) is 12.8 Å². The number of carbonyl (C=O) groups excluding carboxylic acids is 1. The van der Waals surface area contributed by atoms with Crippen LogP contribution in [0.2, 0.25) is 0 Å². The topological polar surface area (TPSA) is 93.1 Å². The number of nitrogens with one attached hydrogen (secondary N) is 1. The molecule has 0 radical (unpaired) electrons. The molecule has 2 bridgehead atoms. The molecule has 1 N–H and O–H groups in total. The lowest BCUT2D eigenvalue weighted by atomic mass is 10.1. The smallest absolute Gasteiger partial charge is 0.273 e. The Morgan fingerprint density at radius 1 is 1.15 bits per heavy atom. The number of piperidine rings is 1. The van der Waals surface area contributed by atoms with E-state index >= 15 is 0 Å². The molecule has 8 heteroatoms. The Labute approximate surface area is 199 Å². The number of aryl methyl sites for hydroxylation is 1. The van der Waals surface area contributed by atoms with E-state index in [2.05, 4.69) is 25.3 Å². The van der Waals surface area contributed by atoms with Gasteiger partial charge in [-0.05, 0) is 56.0 Å². The van der Waals surface area contributed by atoms with Crippen LogP contribution in [-0.2, 0) is 4.74 Å². The number of fused-ring (bicyclic) bond motifs is 2. The number of rotatable bonds is 7. The second-order valence-corrected chi connectivity index (χ2v) is 8.75. The Morgan fingerprint density at radius 3 is 2.76 bits per heavy atom. The van der Waals surface area contributed by atoms with Crippen LogP contribution in [0.15, 0.2) is 55.0 Å². The third kappa shape index (κ3) is 4.41. The van der Waals surface area contributed by atoms with Crippen molar-refractivity contribution in [3.63, 3.8) is 0 Å². The van der Waals surface area contributed by atoms with Gasteiger partial charge in [-0.25, -0.2) is 19.9 Å². The van der Waals surface area contributed by atoms with E-state index in [4.69, 9.17) is 4.74 Å². The maximum Gasteiger partial charge on any atom is 0.273 e. The Hall–Kier alpha value is -3.65. The second kappa shape index (κ2) is 9.69. The molecule has 3 aromatic rings. The minimum Gasteiger partial charge on any atom is -0.373 e. The second-order valence-electron chi connectivity index (χ2n) is 8.75. The van der Waals surface area contributed by atoms with Crippen molar-refractivity contribution in [2.45, 2.75) is 31.9 Å². The normalized spacial score (nSPS) is 21.4. The standard InChI is InChI=1S/C26H28N6O2/c1-17-8-9-20(25-29-11-5-12-30-25)23(31-17)26(33)32-16-18-14-21(32)22(15-18)34-13-4-7-19-6-3-10-28-24(19)27-2/h3-12,18,21-22H,13-16H2,1-2H3,(H,27,28)/b7-4-. The Morgan fingerprint density at radius 2 is 1.97 bits per heavy atom. The highest BCUT2D eigenvalue weighted by Gasteiger charge is 2.48. The van der Waals surface area contributed by atoms with Crippen LogP contribution in [0.1, 0.15) is 34.6 Å². The van der Waals surface area contributed by atoms with Crippen molar-refractivity contribution in [1.29, 1.82) is 0 Å². The summed E-state index contributed by atoms with van der Waals surface area (Å²) in [6.45, 7) is 3.12. The monoisotopic (exact) mass is 456 g/mol. The molecule has 3 aromatic heterocycles. The Balaban J connectivity index is 1.29. The van der Waals surface area contributed by atoms with Crippen LogP contribution in [0.4, 0.5) is 5.82 Å². The molecule has 174 valence electrons. The number of nitrogens with zero attached hydrogens (tertiary/aromatic N) is 5. The minimum absolute atomic E-state index is 0.0197. The molecule has 1 saturated heterocycles. The Bertz CT molecular complexity index is 1200. The van der Waals surface area contributed by atoms with Crippen molar-refractivity contribution in [1.82, 2.24) is 24.8 Å². The van der Waals surface area contributed by atoms with Crippen molar-refractivity contribution >= 4 is 17.8 Å². The lowest BCUT2D eigenvalue weighted by Gasteiger charge is -2.33. The molecular weight excluding hydrogens is 428 g/mol. The molecule has 0 spiro atoms.